The zero-order valence-corrected chi connectivity index (χ0v) is 18.2. The Hall–Kier alpha value is -3.16. The number of benzene rings is 3. The molecular weight excluding hydrogens is 460 g/mol. The third-order valence-corrected chi connectivity index (χ3v) is 6.20. The molecule has 0 unspecified atom stereocenters. The lowest BCUT2D eigenvalue weighted by Gasteiger charge is -2.29. The van der Waals surface area contributed by atoms with Gasteiger partial charge in [-0.15, -0.1) is 0 Å². The number of imide groups is 1. The second kappa shape index (κ2) is 7.83. The minimum absolute atomic E-state index is 0.286. The molecule has 0 N–H and O–H groups in total. The Bertz CT molecular complexity index is 1140. The summed E-state index contributed by atoms with van der Waals surface area (Å²) >= 11 is 3.39. The van der Waals surface area contributed by atoms with Crippen molar-refractivity contribution in [3.05, 3.63) is 88.9 Å². The highest BCUT2D eigenvalue weighted by Gasteiger charge is 2.60. The van der Waals surface area contributed by atoms with E-state index in [2.05, 4.69) is 15.9 Å². The molecule has 3 aromatic rings. The number of hydroxylamine groups is 1. The first kappa shape index (κ1) is 19.8. The van der Waals surface area contributed by atoms with Crippen LogP contribution in [0.1, 0.15) is 11.6 Å². The van der Waals surface area contributed by atoms with E-state index in [1.165, 1.54) is 4.90 Å². The lowest BCUT2D eigenvalue weighted by atomic mass is 9.90. The van der Waals surface area contributed by atoms with Crippen LogP contribution in [0.25, 0.3) is 0 Å². The maximum Gasteiger partial charge on any atom is 0.266 e. The van der Waals surface area contributed by atoms with Gasteiger partial charge in [-0.2, -0.15) is 0 Å². The zero-order valence-electron chi connectivity index (χ0n) is 16.6. The molecule has 0 spiro atoms. The summed E-state index contributed by atoms with van der Waals surface area (Å²) in [5, 5.41) is 1.67. The number of nitrogens with zero attached hydrogens (tertiary/aromatic N) is 2. The fraction of sp³-hybridized carbons (Fsp3) is 0.167. The molecule has 156 valence electrons. The van der Waals surface area contributed by atoms with Gasteiger partial charge in [0.2, 0.25) is 5.91 Å². The minimum Gasteiger partial charge on any atom is -0.496 e. The Morgan fingerprint density at radius 3 is 2.23 bits per heavy atom. The van der Waals surface area contributed by atoms with Crippen molar-refractivity contribution in [2.24, 2.45) is 5.92 Å². The van der Waals surface area contributed by atoms with Gasteiger partial charge < -0.3 is 4.74 Å². The zero-order chi connectivity index (χ0) is 21.5. The van der Waals surface area contributed by atoms with Gasteiger partial charge in [0.05, 0.1) is 24.5 Å². The number of ether oxygens (including phenoxy) is 1. The van der Waals surface area contributed by atoms with Gasteiger partial charge in [0.1, 0.15) is 11.7 Å². The molecule has 3 aromatic carbocycles. The van der Waals surface area contributed by atoms with Gasteiger partial charge in [-0.05, 0) is 42.5 Å². The van der Waals surface area contributed by atoms with Gasteiger partial charge in [-0.25, -0.2) is 9.96 Å². The Labute approximate surface area is 188 Å². The van der Waals surface area contributed by atoms with Gasteiger partial charge in [0.15, 0.2) is 6.10 Å². The summed E-state index contributed by atoms with van der Waals surface area (Å²) in [5.41, 5.74) is 2.09. The summed E-state index contributed by atoms with van der Waals surface area (Å²) in [6.07, 6.45) is -0.911. The van der Waals surface area contributed by atoms with Crippen molar-refractivity contribution in [1.29, 1.82) is 0 Å². The second-order valence-electron chi connectivity index (χ2n) is 7.39. The Morgan fingerprint density at radius 1 is 0.839 bits per heavy atom. The maximum atomic E-state index is 13.6. The molecule has 2 saturated heterocycles. The minimum atomic E-state index is -0.911. The second-order valence-corrected chi connectivity index (χ2v) is 8.30. The largest absolute Gasteiger partial charge is 0.496 e. The lowest BCUT2D eigenvalue weighted by Crippen LogP contribution is -2.37. The number of hydrogen-bond acceptors (Lipinski definition) is 5. The smallest absolute Gasteiger partial charge is 0.266 e. The van der Waals surface area contributed by atoms with Crippen LogP contribution in [0.2, 0.25) is 0 Å². The van der Waals surface area contributed by atoms with Crippen LogP contribution >= 0.6 is 15.9 Å². The topological polar surface area (TPSA) is 59.1 Å². The molecule has 0 aliphatic carbocycles. The van der Waals surface area contributed by atoms with Crippen LogP contribution in [0.4, 0.5) is 11.4 Å². The van der Waals surface area contributed by atoms with E-state index in [0.29, 0.717) is 11.4 Å². The molecule has 31 heavy (non-hydrogen) atoms. The quantitative estimate of drug-likeness (QED) is 0.516. The summed E-state index contributed by atoms with van der Waals surface area (Å²) in [6.45, 7) is 0. The summed E-state index contributed by atoms with van der Waals surface area (Å²) in [5.74, 6) is -0.713. The van der Waals surface area contributed by atoms with Crippen molar-refractivity contribution in [1.82, 2.24) is 0 Å². The molecule has 0 aromatic heterocycles. The fourth-order valence-electron chi connectivity index (χ4n) is 4.28. The number of hydrogen-bond donors (Lipinski definition) is 0. The number of carbonyl (C=O) groups is 2. The highest BCUT2D eigenvalue weighted by atomic mass is 79.9. The van der Waals surface area contributed by atoms with Gasteiger partial charge >= 0.3 is 0 Å². The number of anilines is 2. The van der Waals surface area contributed by atoms with Crippen molar-refractivity contribution < 1.29 is 19.2 Å². The molecule has 3 atom stereocenters. The van der Waals surface area contributed by atoms with E-state index < -0.39 is 18.1 Å². The SMILES string of the molecule is COc1ccccc1[C@@H]1[C@H]2C(=O)N(c3ccc(Br)cc3)C(=O)[C@H]2ON1c1ccccc1. The summed E-state index contributed by atoms with van der Waals surface area (Å²) in [4.78, 5) is 34.3. The van der Waals surface area contributed by atoms with Crippen LogP contribution in [-0.4, -0.2) is 25.0 Å². The number of para-hydroxylation sites is 2. The third kappa shape index (κ3) is 3.21. The predicted octanol–water partition coefficient (Wildman–Crippen LogP) is 4.51. The van der Waals surface area contributed by atoms with Gasteiger partial charge in [0, 0.05) is 10.0 Å². The first-order chi connectivity index (χ1) is 15.1. The molecule has 6 nitrogen and oxygen atoms in total. The van der Waals surface area contributed by atoms with Crippen LogP contribution in [0.15, 0.2) is 83.3 Å². The van der Waals surface area contributed by atoms with Crippen molar-refractivity contribution in [2.45, 2.75) is 12.1 Å². The van der Waals surface area contributed by atoms with Crippen molar-refractivity contribution in [3.63, 3.8) is 0 Å². The highest BCUT2D eigenvalue weighted by Crippen LogP contribution is 2.49. The predicted molar refractivity (Wildman–Crippen MR) is 120 cm³/mol. The van der Waals surface area contributed by atoms with Gasteiger partial charge in [-0.1, -0.05) is 52.3 Å². The lowest BCUT2D eigenvalue weighted by molar-refractivity contribution is -0.126. The monoisotopic (exact) mass is 478 g/mol. The standard InChI is InChI=1S/C24H19BrN2O4/c1-30-19-10-6-5-9-18(19)21-20-22(31-27(21)17-7-3-2-4-8-17)24(29)26(23(20)28)16-13-11-15(25)12-14-16/h2-14,20-22H,1H3/t20-,21-,22+/m1/s1. The molecule has 2 heterocycles. The van der Waals surface area contributed by atoms with E-state index in [4.69, 9.17) is 9.57 Å². The molecule has 2 aliphatic heterocycles. The van der Waals surface area contributed by atoms with Gasteiger partial charge in [0.25, 0.3) is 5.91 Å². The third-order valence-electron chi connectivity index (χ3n) is 5.67. The average Bonchev–Trinajstić information content (AvgIpc) is 3.31. The van der Waals surface area contributed by atoms with Crippen molar-refractivity contribution in [3.8, 4) is 5.75 Å². The summed E-state index contributed by atoms with van der Waals surface area (Å²) in [6, 6.07) is 23.6. The summed E-state index contributed by atoms with van der Waals surface area (Å²) < 4.78 is 6.45. The molecule has 2 amide bonds. The maximum absolute atomic E-state index is 13.6. The number of rotatable bonds is 4. The van der Waals surface area contributed by atoms with Crippen LogP contribution in [0, 0.1) is 5.92 Å². The molecule has 0 radical (unpaired) electrons. The Kier molecular flexibility index (Phi) is 5.00. The van der Waals surface area contributed by atoms with E-state index in [1.807, 2.05) is 54.6 Å². The van der Waals surface area contributed by atoms with Gasteiger partial charge in [-0.3, -0.25) is 14.4 Å². The summed E-state index contributed by atoms with van der Waals surface area (Å²) in [7, 11) is 1.59. The Balaban J connectivity index is 1.61. The number of fused-ring (bicyclic) bond motifs is 1. The normalized spacial score (nSPS) is 22.7. The first-order valence-corrected chi connectivity index (χ1v) is 10.7. The van der Waals surface area contributed by atoms with E-state index in [-0.39, 0.29) is 11.8 Å². The highest BCUT2D eigenvalue weighted by molar-refractivity contribution is 9.10. The molecular formula is C24H19BrN2O4. The van der Waals surface area contributed by atoms with Crippen molar-refractivity contribution in [2.75, 3.05) is 17.1 Å². The van der Waals surface area contributed by atoms with E-state index in [9.17, 15) is 9.59 Å². The molecule has 2 aliphatic rings. The van der Waals surface area contributed by atoms with Crippen LogP contribution in [-0.2, 0) is 14.4 Å². The van der Waals surface area contributed by atoms with Crippen molar-refractivity contribution >= 4 is 39.1 Å². The van der Waals surface area contributed by atoms with Crippen LogP contribution in [0.5, 0.6) is 5.75 Å². The molecule has 5 rings (SSSR count). The fourth-order valence-corrected chi connectivity index (χ4v) is 4.55. The molecule has 7 heteroatoms. The van der Waals surface area contributed by atoms with E-state index >= 15 is 0 Å². The number of halogens is 1. The van der Waals surface area contributed by atoms with Crippen LogP contribution < -0.4 is 14.7 Å². The molecule has 0 bridgehead atoms. The molecule has 2 fully saturated rings. The van der Waals surface area contributed by atoms with Crippen LogP contribution in [0.3, 0.4) is 0 Å². The van der Waals surface area contributed by atoms with E-state index in [1.54, 1.807) is 36.4 Å². The first-order valence-electron chi connectivity index (χ1n) is 9.87. The Morgan fingerprint density at radius 2 is 1.52 bits per heavy atom. The average molecular weight is 479 g/mol. The molecule has 0 saturated carbocycles. The number of methoxy groups -OCH3 is 1. The van der Waals surface area contributed by atoms with E-state index in [0.717, 1.165) is 15.7 Å². The number of carbonyl (C=O) groups excluding carboxylic acids is 2. The number of amides is 2.